The molecule has 0 atom stereocenters. The summed E-state index contributed by atoms with van der Waals surface area (Å²) in [4.78, 5) is 11.4. The Kier molecular flexibility index (Phi) is 6.34. The highest BCUT2D eigenvalue weighted by molar-refractivity contribution is 7.91. The zero-order chi connectivity index (χ0) is 23.5. The maximum Gasteiger partial charge on any atom is 0.229 e. The fourth-order valence-electron chi connectivity index (χ4n) is 4.49. The molecule has 0 radical (unpaired) electrons. The van der Waals surface area contributed by atoms with Crippen LogP contribution >= 0.6 is 0 Å². The number of benzene rings is 2. The number of nitrogens with zero attached hydrogens (tertiary/aromatic N) is 3. The van der Waals surface area contributed by atoms with Gasteiger partial charge in [0.05, 0.1) is 10.6 Å². The molecule has 0 amide bonds. The SMILES string of the molecule is CC1=Cc2cc(Nc3ccnc(Nc4cccc(S(=O)(=O)CCN5CCCC5)c4)n3)ccc2C1. The Labute approximate surface area is 200 Å². The number of fused-ring (bicyclic) bond motifs is 1. The van der Waals surface area contributed by atoms with E-state index in [9.17, 15) is 8.42 Å². The number of anilines is 4. The number of likely N-dealkylation sites (tertiary alicyclic amines) is 1. The van der Waals surface area contributed by atoms with Crippen molar-refractivity contribution in [2.75, 3.05) is 36.0 Å². The summed E-state index contributed by atoms with van der Waals surface area (Å²) in [6.07, 6.45) is 7.18. The quantitative estimate of drug-likeness (QED) is 0.484. The molecule has 176 valence electrons. The van der Waals surface area contributed by atoms with Crippen LogP contribution in [0.2, 0.25) is 0 Å². The number of hydrogen-bond acceptors (Lipinski definition) is 7. The number of nitrogens with one attached hydrogen (secondary N) is 2. The number of allylic oxidation sites excluding steroid dienone is 1. The summed E-state index contributed by atoms with van der Waals surface area (Å²) in [7, 11) is -3.36. The van der Waals surface area contributed by atoms with E-state index in [-0.39, 0.29) is 5.75 Å². The molecule has 2 aromatic carbocycles. The van der Waals surface area contributed by atoms with Crippen LogP contribution in [0.3, 0.4) is 0 Å². The zero-order valence-electron chi connectivity index (χ0n) is 19.3. The summed E-state index contributed by atoms with van der Waals surface area (Å²) in [5, 5.41) is 6.47. The Morgan fingerprint density at radius 2 is 1.82 bits per heavy atom. The van der Waals surface area contributed by atoms with Gasteiger partial charge in [0.15, 0.2) is 9.84 Å². The van der Waals surface area contributed by atoms with E-state index in [0.717, 1.165) is 38.0 Å². The van der Waals surface area contributed by atoms with Crippen LogP contribution in [-0.4, -0.2) is 48.7 Å². The zero-order valence-corrected chi connectivity index (χ0v) is 20.1. The van der Waals surface area contributed by atoms with Gasteiger partial charge in [0.2, 0.25) is 5.95 Å². The summed E-state index contributed by atoms with van der Waals surface area (Å²) in [5.74, 6) is 1.18. The molecule has 2 N–H and O–H groups in total. The van der Waals surface area contributed by atoms with Crippen molar-refractivity contribution in [3.8, 4) is 0 Å². The van der Waals surface area contributed by atoms with Crippen molar-refractivity contribution in [2.45, 2.75) is 31.1 Å². The maximum absolute atomic E-state index is 12.9. The van der Waals surface area contributed by atoms with Crippen LogP contribution in [0, 0.1) is 0 Å². The van der Waals surface area contributed by atoms with Crippen LogP contribution in [-0.2, 0) is 16.3 Å². The van der Waals surface area contributed by atoms with Gasteiger partial charge in [-0.3, -0.25) is 0 Å². The Balaban J connectivity index is 1.27. The lowest BCUT2D eigenvalue weighted by molar-refractivity contribution is 0.359. The summed E-state index contributed by atoms with van der Waals surface area (Å²) in [6, 6.07) is 15.0. The molecule has 7 nitrogen and oxygen atoms in total. The van der Waals surface area contributed by atoms with Crippen LogP contribution in [0.15, 0.2) is 65.2 Å². The second-order valence-corrected chi connectivity index (χ2v) is 11.1. The Hall–Kier alpha value is -3.23. The highest BCUT2D eigenvalue weighted by Crippen LogP contribution is 2.28. The number of hydrogen-bond donors (Lipinski definition) is 2. The molecule has 34 heavy (non-hydrogen) atoms. The lowest BCUT2D eigenvalue weighted by Gasteiger charge is -2.15. The van der Waals surface area contributed by atoms with E-state index in [0.29, 0.717) is 28.9 Å². The molecule has 2 aliphatic rings. The van der Waals surface area contributed by atoms with Gasteiger partial charge >= 0.3 is 0 Å². The van der Waals surface area contributed by atoms with Gasteiger partial charge < -0.3 is 15.5 Å². The Bertz CT molecular complexity index is 1330. The van der Waals surface area contributed by atoms with E-state index in [1.54, 1.807) is 30.5 Å². The number of aromatic nitrogens is 2. The smallest absolute Gasteiger partial charge is 0.229 e. The predicted octanol–water partition coefficient (Wildman–Crippen LogP) is 4.79. The highest BCUT2D eigenvalue weighted by Gasteiger charge is 2.19. The van der Waals surface area contributed by atoms with Gasteiger partial charge in [-0.2, -0.15) is 4.98 Å². The fourth-order valence-corrected chi connectivity index (χ4v) is 5.82. The van der Waals surface area contributed by atoms with Crippen LogP contribution in [0.5, 0.6) is 0 Å². The molecule has 1 aliphatic heterocycles. The molecule has 1 aliphatic carbocycles. The molecular formula is C26H29N5O2S. The molecule has 0 unspecified atom stereocenters. The van der Waals surface area contributed by atoms with Crippen LogP contribution in [0.25, 0.3) is 6.08 Å². The molecule has 0 bridgehead atoms. The van der Waals surface area contributed by atoms with Crippen LogP contribution in [0.4, 0.5) is 23.1 Å². The van der Waals surface area contributed by atoms with Gasteiger partial charge in [-0.1, -0.05) is 23.8 Å². The van der Waals surface area contributed by atoms with E-state index in [1.165, 1.54) is 16.7 Å². The minimum Gasteiger partial charge on any atom is -0.340 e. The van der Waals surface area contributed by atoms with Crippen molar-refractivity contribution in [2.24, 2.45) is 0 Å². The fraction of sp³-hybridized carbons (Fsp3) is 0.308. The molecule has 3 aromatic rings. The van der Waals surface area contributed by atoms with Gasteiger partial charge in [-0.05, 0) is 86.8 Å². The van der Waals surface area contributed by atoms with Crippen molar-refractivity contribution in [3.05, 3.63) is 71.4 Å². The molecule has 1 aromatic heterocycles. The van der Waals surface area contributed by atoms with Crippen molar-refractivity contribution < 1.29 is 8.42 Å². The first-order valence-electron chi connectivity index (χ1n) is 11.7. The third kappa shape index (κ3) is 5.29. The molecule has 1 saturated heterocycles. The first-order chi connectivity index (χ1) is 16.4. The van der Waals surface area contributed by atoms with Crippen molar-refractivity contribution in [1.82, 2.24) is 14.9 Å². The Morgan fingerprint density at radius 3 is 2.68 bits per heavy atom. The average molecular weight is 476 g/mol. The predicted molar refractivity (Wildman–Crippen MR) is 137 cm³/mol. The standard InChI is InChI=1S/C26H29N5O2S/c1-19-15-20-7-8-23(17-21(20)16-19)28-25-9-10-27-26(30-25)29-22-5-4-6-24(18-22)34(32,33)14-13-31-11-2-3-12-31/h4-10,16-18H,2-3,11-15H2,1H3,(H2,27,28,29,30). The summed E-state index contributed by atoms with van der Waals surface area (Å²) < 4.78 is 25.7. The van der Waals surface area contributed by atoms with Gasteiger partial charge in [0.25, 0.3) is 0 Å². The first kappa shape index (κ1) is 22.6. The van der Waals surface area contributed by atoms with Gasteiger partial charge in [0.1, 0.15) is 5.82 Å². The highest BCUT2D eigenvalue weighted by atomic mass is 32.2. The van der Waals surface area contributed by atoms with E-state index in [2.05, 4.69) is 56.7 Å². The average Bonchev–Trinajstić information content (AvgIpc) is 3.47. The van der Waals surface area contributed by atoms with Crippen molar-refractivity contribution in [1.29, 1.82) is 0 Å². The summed E-state index contributed by atoms with van der Waals surface area (Å²) in [6.45, 7) is 4.69. The molecule has 5 rings (SSSR count). The largest absolute Gasteiger partial charge is 0.340 e. The van der Waals surface area contributed by atoms with Crippen LogP contribution in [0.1, 0.15) is 30.9 Å². The van der Waals surface area contributed by atoms with Crippen molar-refractivity contribution >= 4 is 39.1 Å². The van der Waals surface area contributed by atoms with Crippen LogP contribution < -0.4 is 10.6 Å². The van der Waals surface area contributed by atoms with Gasteiger partial charge in [-0.15, -0.1) is 0 Å². The third-order valence-electron chi connectivity index (χ3n) is 6.27. The molecule has 1 fully saturated rings. The minimum absolute atomic E-state index is 0.127. The lowest BCUT2D eigenvalue weighted by Crippen LogP contribution is -2.26. The second kappa shape index (κ2) is 9.56. The molecule has 0 spiro atoms. The van der Waals surface area contributed by atoms with E-state index in [1.807, 2.05) is 6.07 Å². The minimum atomic E-state index is -3.36. The normalized spacial score (nSPS) is 15.7. The summed E-state index contributed by atoms with van der Waals surface area (Å²) in [5.41, 5.74) is 5.53. The van der Waals surface area contributed by atoms with E-state index in [4.69, 9.17) is 0 Å². The number of rotatable bonds is 8. The molecule has 0 saturated carbocycles. The summed E-state index contributed by atoms with van der Waals surface area (Å²) >= 11 is 0. The lowest BCUT2D eigenvalue weighted by atomic mass is 10.1. The number of sulfone groups is 1. The van der Waals surface area contributed by atoms with Crippen molar-refractivity contribution in [3.63, 3.8) is 0 Å². The third-order valence-corrected chi connectivity index (χ3v) is 7.96. The van der Waals surface area contributed by atoms with E-state index < -0.39 is 9.84 Å². The van der Waals surface area contributed by atoms with Gasteiger partial charge in [0, 0.05) is 24.1 Å². The van der Waals surface area contributed by atoms with E-state index >= 15 is 0 Å². The Morgan fingerprint density at radius 1 is 1.00 bits per heavy atom. The monoisotopic (exact) mass is 475 g/mol. The maximum atomic E-state index is 12.9. The molecular weight excluding hydrogens is 446 g/mol. The molecule has 8 heteroatoms. The second-order valence-electron chi connectivity index (χ2n) is 8.99. The van der Waals surface area contributed by atoms with Gasteiger partial charge in [-0.25, -0.2) is 13.4 Å². The molecule has 2 heterocycles. The topological polar surface area (TPSA) is 87.2 Å². The first-order valence-corrected chi connectivity index (χ1v) is 13.3.